The van der Waals surface area contributed by atoms with Crippen molar-refractivity contribution in [3.63, 3.8) is 0 Å². The Hall–Kier alpha value is -1.60. The van der Waals surface area contributed by atoms with Crippen LogP contribution in [0.4, 0.5) is 11.4 Å². The molecule has 100 valence electrons. The Labute approximate surface area is 122 Å². The lowest BCUT2D eigenvalue weighted by Crippen LogP contribution is -2.41. The summed E-state index contributed by atoms with van der Waals surface area (Å²) >= 11 is 10.5. The predicted octanol–water partition coefficient (Wildman–Crippen LogP) is 0.723. The molecule has 0 saturated carbocycles. The molecule has 0 spiro atoms. The monoisotopic (exact) mass is 294 g/mol. The van der Waals surface area contributed by atoms with E-state index in [1.165, 1.54) is 0 Å². The molecular weight excluding hydrogens is 280 g/mol. The van der Waals surface area contributed by atoms with E-state index < -0.39 is 0 Å². The summed E-state index contributed by atoms with van der Waals surface area (Å²) in [4.78, 5) is 4.53. The SMILES string of the molecule is NC(=S)CN1CC2COc3ccc(N)cc3N2C1=S. The zero-order chi connectivity index (χ0) is 13.6. The summed E-state index contributed by atoms with van der Waals surface area (Å²) < 4.78 is 5.75. The van der Waals surface area contributed by atoms with Crippen molar-refractivity contribution in [2.75, 3.05) is 30.3 Å². The van der Waals surface area contributed by atoms with Crippen LogP contribution in [0.2, 0.25) is 0 Å². The predicted molar refractivity (Wildman–Crippen MR) is 83.6 cm³/mol. The van der Waals surface area contributed by atoms with E-state index in [2.05, 4.69) is 4.90 Å². The molecule has 2 aliphatic heterocycles. The molecule has 3 rings (SSSR count). The third-order valence-electron chi connectivity index (χ3n) is 3.29. The Balaban J connectivity index is 1.95. The van der Waals surface area contributed by atoms with Gasteiger partial charge in [-0.25, -0.2) is 0 Å². The highest BCUT2D eigenvalue weighted by molar-refractivity contribution is 7.80. The van der Waals surface area contributed by atoms with Gasteiger partial charge < -0.3 is 26.0 Å². The van der Waals surface area contributed by atoms with Gasteiger partial charge in [-0.05, 0) is 30.4 Å². The molecule has 5 nitrogen and oxygen atoms in total. The largest absolute Gasteiger partial charge is 0.489 e. The first-order valence-electron chi connectivity index (χ1n) is 5.95. The molecule has 7 heteroatoms. The van der Waals surface area contributed by atoms with Crippen LogP contribution in [0.5, 0.6) is 5.75 Å². The lowest BCUT2D eigenvalue weighted by molar-refractivity contribution is 0.270. The minimum atomic E-state index is 0.191. The van der Waals surface area contributed by atoms with Gasteiger partial charge in [0.2, 0.25) is 0 Å². The standard InChI is InChI=1S/C12H14N4OS2/c13-7-1-2-10-9(3-7)16-8(6-17-10)4-15(12(16)19)5-11(14)18/h1-3,8H,4-6,13H2,(H2,14,18). The fraction of sp³-hybridized carbons (Fsp3) is 0.333. The van der Waals surface area contributed by atoms with Crippen LogP contribution in [-0.4, -0.2) is 40.7 Å². The minimum absolute atomic E-state index is 0.191. The summed E-state index contributed by atoms with van der Waals surface area (Å²) in [5.41, 5.74) is 13.1. The topological polar surface area (TPSA) is 67.7 Å². The highest BCUT2D eigenvalue weighted by Gasteiger charge is 2.39. The van der Waals surface area contributed by atoms with Crippen LogP contribution in [-0.2, 0) is 0 Å². The molecule has 4 N–H and O–H groups in total. The number of nitrogens with two attached hydrogens (primary N) is 2. The lowest BCUT2D eigenvalue weighted by atomic mass is 10.1. The van der Waals surface area contributed by atoms with Crippen LogP contribution in [0.15, 0.2) is 18.2 Å². The molecular formula is C12H14N4OS2. The molecule has 0 amide bonds. The number of fused-ring (bicyclic) bond motifs is 3. The Morgan fingerprint density at radius 2 is 2.26 bits per heavy atom. The average molecular weight is 294 g/mol. The van der Waals surface area contributed by atoms with E-state index >= 15 is 0 Å². The maximum atomic E-state index is 5.85. The third kappa shape index (κ3) is 2.08. The Morgan fingerprint density at radius 3 is 3.00 bits per heavy atom. The van der Waals surface area contributed by atoms with E-state index in [0.29, 0.717) is 23.8 Å². The fourth-order valence-corrected chi connectivity index (χ4v) is 3.04. The van der Waals surface area contributed by atoms with E-state index in [0.717, 1.165) is 23.1 Å². The zero-order valence-corrected chi connectivity index (χ0v) is 11.8. The molecule has 2 aliphatic rings. The number of benzene rings is 1. The van der Waals surface area contributed by atoms with Crippen LogP contribution in [0.3, 0.4) is 0 Å². The van der Waals surface area contributed by atoms with Crippen molar-refractivity contribution < 1.29 is 4.74 Å². The summed E-state index contributed by atoms with van der Waals surface area (Å²) in [7, 11) is 0. The van der Waals surface area contributed by atoms with Gasteiger partial charge in [0.25, 0.3) is 0 Å². The van der Waals surface area contributed by atoms with Crippen molar-refractivity contribution in [3.8, 4) is 5.75 Å². The summed E-state index contributed by atoms with van der Waals surface area (Å²) in [5, 5.41) is 0.730. The summed E-state index contributed by atoms with van der Waals surface area (Å²) in [6, 6.07) is 5.78. The van der Waals surface area contributed by atoms with E-state index in [-0.39, 0.29) is 6.04 Å². The third-order valence-corrected chi connectivity index (χ3v) is 3.88. The number of hydrogen-bond donors (Lipinski definition) is 2. The number of ether oxygens (including phenoxy) is 1. The molecule has 1 fully saturated rings. The normalized spacial score (nSPS) is 20.8. The van der Waals surface area contributed by atoms with Crippen molar-refractivity contribution in [1.29, 1.82) is 0 Å². The molecule has 0 aromatic heterocycles. The summed E-state index contributed by atoms with van der Waals surface area (Å²) in [5.74, 6) is 0.810. The smallest absolute Gasteiger partial charge is 0.177 e. The number of thiocarbonyl (C=S) groups is 2. The van der Waals surface area contributed by atoms with Crippen molar-refractivity contribution >= 4 is 45.9 Å². The van der Waals surface area contributed by atoms with E-state index in [1.807, 2.05) is 23.1 Å². The molecule has 0 bridgehead atoms. The van der Waals surface area contributed by atoms with E-state index in [4.69, 9.17) is 40.6 Å². The van der Waals surface area contributed by atoms with Gasteiger partial charge in [-0.15, -0.1) is 0 Å². The second kappa shape index (κ2) is 4.50. The maximum absolute atomic E-state index is 5.85. The van der Waals surface area contributed by atoms with Crippen molar-refractivity contribution in [1.82, 2.24) is 4.90 Å². The highest BCUT2D eigenvalue weighted by Crippen LogP contribution is 2.38. The summed E-state index contributed by atoms with van der Waals surface area (Å²) in [6.07, 6.45) is 0. The Morgan fingerprint density at radius 1 is 1.47 bits per heavy atom. The van der Waals surface area contributed by atoms with Crippen LogP contribution in [0.25, 0.3) is 0 Å². The van der Waals surface area contributed by atoms with Gasteiger partial charge in [0.05, 0.1) is 23.3 Å². The molecule has 1 atom stereocenters. The molecule has 2 heterocycles. The molecule has 1 unspecified atom stereocenters. The van der Waals surface area contributed by atoms with Gasteiger partial charge in [-0.1, -0.05) is 12.2 Å². The molecule has 1 aromatic carbocycles. The van der Waals surface area contributed by atoms with Crippen molar-refractivity contribution in [3.05, 3.63) is 18.2 Å². The second-order valence-electron chi connectivity index (χ2n) is 4.69. The first-order chi connectivity index (χ1) is 9.06. The maximum Gasteiger partial charge on any atom is 0.177 e. The van der Waals surface area contributed by atoms with Crippen molar-refractivity contribution in [2.45, 2.75) is 6.04 Å². The van der Waals surface area contributed by atoms with Gasteiger partial charge in [-0.2, -0.15) is 0 Å². The first-order valence-corrected chi connectivity index (χ1v) is 6.76. The zero-order valence-electron chi connectivity index (χ0n) is 10.2. The fourth-order valence-electron chi connectivity index (χ4n) is 2.50. The van der Waals surface area contributed by atoms with Gasteiger partial charge in [0, 0.05) is 12.2 Å². The molecule has 0 aliphatic carbocycles. The van der Waals surface area contributed by atoms with Crippen LogP contribution in [0.1, 0.15) is 0 Å². The first kappa shape index (κ1) is 12.4. The van der Waals surface area contributed by atoms with Crippen LogP contribution < -0.4 is 21.1 Å². The Kier molecular flexibility index (Phi) is 2.94. The number of anilines is 2. The molecule has 0 radical (unpaired) electrons. The molecule has 1 aromatic rings. The number of hydrogen-bond acceptors (Lipinski definition) is 4. The van der Waals surface area contributed by atoms with Gasteiger partial charge in [-0.3, -0.25) is 0 Å². The number of nitrogen functional groups attached to an aromatic ring is 1. The molecule has 19 heavy (non-hydrogen) atoms. The van der Waals surface area contributed by atoms with Crippen molar-refractivity contribution in [2.24, 2.45) is 5.73 Å². The van der Waals surface area contributed by atoms with Gasteiger partial charge in [0.15, 0.2) is 5.11 Å². The van der Waals surface area contributed by atoms with E-state index in [9.17, 15) is 0 Å². The number of rotatable bonds is 2. The lowest BCUT2D eigenvalue weighted by Gasteiger charge is -2.32. The molecule has 1 saturated heterocycles. The van der Waals surface area contributed by atoms with Gasteiger partial charge >= 0.3 is 0 Å². The summed E-state index contributed by atoms with van der Waals surface area (Å²) in [6.45, 7) is 1.87. The van der Waals surface area contributed by atoms with Gasteiger partial charge in [0.1, 0.15) is 12.4 Å². The minimum Gasteiger partial charge on any atom is -0.489 e. The number of nitrogens with zero attached hydrogens (tertiary/aromatic N) is 2. The quantitative estimate of drug-likeness (QED) is 0.615. The van der Waals surface area contributed by atoms with Crippen LogP contribution >= 0.6 is 24.4 Å². The van der Waals surface area contributed by atoms with E-state index in [1.54, 1.807) is 0 Å². The average Bonchev–Trinajstić information content (AvgIpc) is 2.66. The highest BCUT2D eigenvalue weighted by atomic mass is 32.1. The second-order valence-corrected chi connectivity index (χ2v) is 5.58. The Bertz CT molecular complexity index is 563. The van der Waals surface area contributed by atoms with Crippen LogP contribution in [0, 0.1) is 0 Å².